The minimum absolute atomic E-state index is 0.103. The number of nitrogens with zero attached hydrogens (tertiary/aromatic N) is 1. The maximum atomic E-state index is 13.4. The zero-order valence-corrected chi connectivity index (χ0v) is 17.7. The topological polar surface area (TPSA) is 78.5 Å². The van der Waals surface area contributed by atoms with Crippen molar-refractivity contribution in [2.24, 2.45) is 11.8 Å². The number of carbonyl (C=O) groups is 3. The highest BCUT2D eigenvalue weighted by Crippen LogP contribution is 2.34. The lowest BCUT2D eigenvalue weighted by atomic mass is 9.78. The molecule has 1 heterocycles. The van der Waals surface area contributed by atoms with Crippen molar-refractivity contribution in [3.8, 4) is 0 Å². The monoisotopic (exact) mass is 399 g/mol. The molecule has 1 saturated heterocycles. The Bertz CT molecular complexity index is 751. The minimum atomic E-state index is -1.08. The molecule has 2 fully saturated rings. The summed E-state index contributed by atoms with van der Waals surface area (Å²) < 4.78 is 0. The zero-order valence-electron chi connectivity index (χ0n) is 17.7. The number of amides is 4. The highest BCUT2D eigenvalue weighted by molar-refractivity contribution is 6.09. The lowest BCUT2D eigenvalue weighted by Gasteiger charge is -2.34. The van der Waals surface area contributed by atoms with Crippen LogP contribution in [0.4, 0.5) is 4.79 Å². The SMILES string of the molecule is CCCCC1(c2ccccc2)NC(=O)N(CC(=O)NC2CCCC(C)C2C)C1=O. The Balaban J connectivity index is 1.74. The summed E-state index contributed by atoms with van der Waals surface area (Å²) in [5.74, 6) is 0.357. The van der Waals surface area contributed by atoms with E-state index in [1.165, 1.54) is 6.42 Å². The van der Waals surface area contributed by atoms with Crippen molar-refractivity contribution >= 4 is 17.8 Å². The lowest BCUT2D eigenvalue weighted by Crippen LogP contribution is -2.49. The number of carbonyl (C=O) groups excluding carboxylic acids is 3. The number of unbranched alkanes of at least 4 members (excludes halogenated alkanes) is 1. The van der Waals surface area contributed by atoms with Crippen LogP contribution in [0.5, 0.6) is 0 Å². The average Bonchev–Trinajstić information content (AvgIpc) is 2.95. The third kappa shape index (κ3) is 4.31. The smallest absolute Gasteiger partial charge is 0.325 e. The minimum Gasteiger partial charge on any atom is -0.352 e. The second kappa shape index (κ2) is 8.97. The van der Waals surface area contributed by atoms with E-state index in [0.29, 0.717) is 18.3 Å². The van der Waals surface area contributed by atoms with Gasteiger partial charge >= 0.3 is 6.03 Å². The van der Waals surface area contributed by atoms with E-state index < -0.39 is 11.6 Å². The fourth-order valence-corrected chi connectivity index (χ4v) is 4.63. The molecule has 29 heavy (non-hydrogen) atoms. The first-order valence-electron chi connectivity index (χ1n) is 10.9. The van der Waals surface area contributed by atoms with Crippen LogP contribution in [-0.2, 0) is 15.1 Å². The number of rotatable bonds is 7. The summed E-state index contributed by atoms with van der Waals surface area (Å²) in [5.41, 5.74) is -0.314. The van der Waals surface area contributed by atoms with Gasteiger partial charge in [-0.3, -0.25) is 14.5 Å². The molecule has 4 amide bonds. The molecular weight excluding hydrogens is 366 g/mol. The van der Waals surface area contributed by atoms with E-state index in [0.717, 1.165) is 36.1 Å². The number of nitrogens with one attached hydrogen (secondary N) is 2. The standard InChI is InChI=1S/C23H33N3O3/c1-4-5-14-23(18-11-7-6-8-12-18)21(28)26(22(29)25-23)15-20(27)24-19-13-9-10-16(2)17(19)3/h6-8,11-12,16-17,19H,4-5,9-10,13-15H2,1-3H3,(H,24,27)(H,25,29). The molecule has 0 bridgehead atoms. The van der Waals surface area contributed by atoms with Gasteiger partial charge in [-0.15, -0.1) is 0 Å². The Morgan fingerprint density at radius 2 is 1.93 bits per heavy atom. The van der Waals surface area contributed by atoms with E-state index in [-0.39, 0.29) is 24.4 Å². The molecule has 1 saturated carbocycles. The molecule has 1 aromatic rings. The van der Waals surface area contributed by atoms with Crippen molar-refractivity contribution in [3.05, 3.63) is 35.9 Å². The van der Waals surface area contributed by atoms with Crippen LogP contribution in [0.25, 0.3) is 0 Å². The van der Waals surface area contributed by atoms with E-state index in [2.05, 4.69) is 31.4 Å². The first kappa shape index (κ1) is 21.3. The average molecular weight is 400 g/mol. The van der Waals surface area contributed by atoms with Gasteiger partial charge in [0.15, 0.2) is 0 Å². The number of imide groups is 1. The maximum Gasteiger partial charge on any atom is 0.325 e. The van der Waals surface area contributed by atoms with Crippen LogP contribution in [0.2, 0.25) is 0 Å². The molecule has 1 aliphatic carbocycles. The number of benzene rings is 1. The summed E-state index contributed by atoms with van der Waals surface area (Å²) in [6, 6.07) is 8.95. The van der Waals surface area contributed by atoms with Crippen molar-refractivity contribution in [2.75, 3.05) is 6.54 Å². The highest BCUT2D eigenvalue weighted by Gasteiger charge is 2.52. The largest absolute Gasteiger partial charge is 0.352 e. The van der Waals surface area contributed by atoms with Gasteiger partial charge in [0.05, 0.1) is 0 Å². The normalized spacial score (nSPS) is 29.6. The van der Waals surface area contributed by atoms with Crippen LogP contribution in [0.15, 0.2) is 30.3 Å². The van der Waals surface area contributed by atoms with Gasteiger partial charge in [-0.05, 0) is 30.2 Å². The molecule has 1 aliphatic heterocycles. The van der Waals surface area contributed by atoms with Crippen LogP contribution in [-0.4, -0.2) is 35.3 Å². The summed E-state index contributed by atoms with van der Waals surface area (Å²) in [5, 5.41) is 5.97. The molecule has 2 N–H and O–H groups in total. The first-order valence-corrected chi connectivity index (χ1v) is 10.9. The van der Waals surface area contributed by atoms with E-state index in [1.54, 1.807) is 0 Å². The highest BCUT2D eigenvalue weighted by atomic mass is 16.2. The molecule has 0 radical (unpaired) electrons. The molecule has 6 nitrogen and oxygen atoms in total. The Kier molecular flexibility index (Phi) is 6.60. The molecule has 1 aromatic carbocycles. The second-order valence-corrected chi connectivity index (χ2v) is 8.64. The molecule has 0 spiro atoms. The Morgan fingerprint density at radius 3 is 2.62 bits per heavy atom. The Labute approximate surface area is 173 Å². The number of hydrogen-bond donors (Lipinski definition) is 2. The van der Waals surface area contributed by atoms with E-state index in [1.807, 2.05) is 30.3 Å². The van der Waals surface area contributed by atoms with Gasteiger partial charge in [-0.25, -0.2) is 4.79 Å². The molecule has 2 aliphatic rings. The third-order valence-electron chi connectivity index (χ3n) is 6.70. The van der Waals surface area contributed by atoms with Crippen LogP contribution in [0.3, 0.4) is 0 Å². The first-order chi connectivity index (χ1) is 13.9. The quantitative estimate of drug-likeness (QED) is 0.688. The molecule has 158 valence electrons. The second-order valence-electron chi connectivity index (χ2n) is 8.64. The van der Waals surface area contributed by atoms with Crippen molar-refractivity contribution in [2.45, 2.75) is 70.9 Å². The van der Waals surface area contributed by atoms with Gasteiger partial charge in [0.1, 0.15) is 12.1 Å². The van der Waals surface area contributed by atoms with Crippen molar-refractivity contribution in [3.63, 3.8) is 0 Å². The van der Waals surface area contributed by atoms with E-state index in [9.17, 15) is 14.4 Å². The zero-order chi connectivity index (χ0) is 21.0. The van der Waals surface area contributed by atoms with Crippen molar-refractivity contribution < 1.29 is 14.4 Å². The fourth-order valence-electron chi connectivity index (χ4n) is 4.63. The van der Waals surface area contributed by atoms with Gasteiger partial charge in [0, 0.05) is 6.04 Å². The fraction of sp³-hybridized carbons (Fsp3) is 0.609. The van der Waals surface area contributed by atoms with Gasteiger partial charge in [-0.2, -0.15) is 0 Å². The molecule has 4 unspecified atom stereocenters. The molecule has 3 rings (SSSR count). The van der Waals surface area contributed by atoms with Gasteiger partial charge in [-0.1, -0.05) is 76.8 Å². The maximum absolute atomic E-state index is 13.4. The van der Waals surface area contributed by atoms with Gasteiger partial charge in [0.25, 0.3) is 5.91 Å². The predicted molar refractivity (Wildman–Crippen MR) is 112 cm³/mol. The summed E-state index contributed by atoms with van der Waals surface area (Å²) in [6.07, 6.45) is 5.45. The summed E-state index contributed by atoms with van der Waals surface area (Å²) in [6.45, 7) is 6.19. The van der Waals surface area contributed by atoms with Crippen LogP contribution >= 0.6 is 0 Å². The molecule has 4 atom stereocenters. The van der Waals surface area contributed by atoms with Crippen molar-refractivity contribution in [1.82, 2.24) is 15.5 Å². The summed E-state index contributed by atoms with van der Waals surface area (Å²) >= 11 is 0. The number of hydrogen-bond acceptors (Lipinski definition) is 3. The van der Waals surface area contributed by atoms with Gasteiger partial charge in [0.2, 0.25) is 5.91 Å². The van der Waals surface area contributed by atoms with E-state index in [4.69, 9.17) is 0 Å². The van der Waals surface area contributed by atoms with E-state index >= 15 is 0 Å². The third-order valence-corrected chi connectivity index (χ3v) is 6.70. The molecular formula is C23H33N3O3. The van der Waals surface area contributed by atoms with Crippen LogP contribution < -0.4 is 10.6 Å². The predicted octanol–water partition coefficient (Wildman–Crippen LogP) is 3.56. The summed E-state index contributed by atoms with van der Waals surface area (Å²) in [7, 11) is 0. The van der Waals surface area contributed by atoms with Crippen LogP contribution in [0, 0.1) is 11.8 Å². The summed E-state index contributed by atoms with van der Waals surface area (Å²) in [4.78, 5) is 39.8. The molecule has 6 heteroatoms. The molecule has 0 aromatic heterocycles. The van der Waals surface area contributed by atoms with Crippen LogP contribution in [0.1, 0.15) is 64.9 Å². The van der Waals surface area contributed by atoms with Gasteiger partial charge < -0.3 is 10.6 Å². The lowest BCUT2D eigenvalue weighted by molar-refractivity contribution is -0.135. The Morgan fingerprint density at radius 1 is 1.21 bits per heavy atom. The van der Waals surface area contributed by atoms with Crippen molar-refractivity contribution in [1.29, 1.82) is 0 Å². The number of urea groups is 1. The Hall–Kier alpha value is -2.37.